The van der Waals surface area contributed by atoms with Crippen LogP contribution in [0.2, 0.25) is 0 Å². The minimum absolute atomic E-state index is 0.0924. The molecule has 0 aromatic heterocycles. The summed E-state index contributed by atoms with van der Waals surface area (Å²) < 4.78 is 334. The first kappa shape index (κ1) is 41.2. The van der Waals surface area contributed by atoms with Crippen molar-refractivity contribution in [1.82, 2.24) is 0 Å². The van der Waals surface area contributed by atoms with Gasteiger partial charge in [0.05, 0.1) is 0 Å². The molecule has 43 heavy (non-hydrogen) atoms. The summed E-state index contributed by atoms with van der Waals surface area (Å²) in [4.78, 5) is 0. The molecule has 260 valence electrons. The van der Waals surface area contributed by atoms with E-state index in [4.69, 9.17) is 0 Å². The molecule has 0 aliphatic heterocycles. The van der Waals surface area contributed by atoms with Crippen LogP contribution in [-0.2, 0) is 0 Å². The number of hydrogen-bond acceptors (Lipinski definition) is 0. The van der Waals surface area contributed by atoms with Crippen LogP contribution in [-0.4, -0.2) is 71.3 Å². The molecule has 0 aromatic carbocycles. The molecule has 0 spiro atoms. The fourth-order valence-corrected chi connectivity index (χ4v) is 2.92. The van der Waals surface area contributed by atoms with Gasteiger partial charge in [-0.25, -0.2) is 0 Å². The highest BCUT2D eigenvalue weighted by molar-refractivity contribution is 5.19. The lowest BCUT2D eigenvalue weighted by Gasteiger charge is -2.45. The van der Waals surface area contributed by atoms with E-state index in [1.54, 1.807) is 0 Å². The van der Waals surface area contributed by atoms with E-state index in [-0.39, 0.29) is 12.8 Å². The summed E-state index contributed by atoms with van der Waals surface area (Å²) in [5, 5.41) is 0. The minimum atomic E-state index is -9.56. The van der Waals surface area contributed by atoms with Gasteiger partial charge in [0, 0.05) is 6.42 Å². The Morgan fingerprint density at radius 3 is 0.744 bits per heavy atom. The lowest BCUT2D eigenvalue weighted by molar-refractivity contribution is -0.482. The molecule has 25 heteroatoms. The van der Waals surface area contributed by atoms with Gasteiger partial charge in [0.25, 0.3) is 0 Å². The highest BCUT2D eigenvalue weighted by Crippen LogP contribution is 2.67. The molecule has 0 heterocycles. The third kappa shape index (κ3) is 5.42. The molecule has 0 bridgehead atoms. The van der Waals surface area contributed by atoms with Gasteiger partial charge in [-0.15, -0.1) is 0 Å². The number of rotatable bonds is 15. The third-order valence-corrected chi connectivity index (χ3v) is 5.71. The van der Waals surface area contributed by atoms with Crippen molar-refractivity contribution in [3.05, 3.63) is 0 Å². The van der Waals surface area contributed by atoms with E-state index in [0.717, 1.165) is 0 Å². The Hall–Kier alpha value is -1.75. The zero-order valence-corrected chi connectivity index (χ0v) is 20.0. The second-order valence-electron chi connectivity index (χ2n) is 8.76. The first-order valence-electron chi connectivity index (χ1n) is 10.5. The number of alkyl halides is 25. The number of hydrogen-bond donors (Lipinski definition) is 0. The molecule has 0 aliphatic carbocycles. The van der Waals surface area contributed by atoms with Crippen LogP contribution in [0.3, 0.4) is 0 Å². The largest absolute Gasteiger partial charge is 0.460 e. The van der Waals surface area contributed by atoms with E-state index in [2.05, 4.69) is 0 Å². The van der Waals surface area contributed by atoms with Gasteiger partial charge in [0.2, 0.25) is 0 Å². The predicted molar refractivity (Wildman–Crippen MR) is 89.2 cm³/mol. The first-order chi connectivity index (χ1) is 18.3. The number of halogens is 25. The van der Waals surface area contributed by atoms with Crippen LogP contribution in [0.1, 0.15) is 39.0 Å². The van der Waals surface area contributed by atoms with Crippen molar-refractivity contribution in [1.29, 1.82) is 0 Å². The van der Waals surface area contributed by atoms with Crippen LogP contribution >= 0.6 is 0 Å². The topological polar surface area (TPSA) is 0 Å². The smallest absolute Gasteiger partial charge is 0.200 e. The molecule has 0 N–H and O–H groups in total. The van der Waals surface area contributed by atoms with E-state index in [1.165, 1.54) is 6.92 Å². The second-order valence-corrected chi connectivity index (χ2v) is 8.76. The van der Waals surface area contributed by atoms with Crippen LogP contribution in [0, 0.1) is 0 Å². The number of unbranched alkanes of at least 4 members (excludes halogenated alkanes) is 3. The molecular formula is C18H13F25. The first-order valence-corrected chi connectivity index (χ1v) is 10.5. The van der Waals surface area contributed by atoms with Gasteiger partial charge < -0.3 is 0 Å². The lowest BCUT2D eigenvalue weighted by Crippen LogP contribution is -2.78. The Balaban J connectivity index is 7.13. The van der Waals surface area contributed by atoms with Gasteiger partial charge in [-0.3, -0.25) is 0 Å². The molecule has 0 amide bonds. The van der Waals surface area contributed by atoms with Crippen molar-refractivity contribution in [2.24, 2.45) is 0 Å². The highest BCUT2D eigenvalue weighted by Gasteiger charge is 2.99. The fourth-order valence-electron chi connectivity index (χ4n) is 2.92. The molecule has 0 fully saturated rings. The van der Waals surface area contributed by atoms with Gasteiger partial charge in [0.1, 0.15) is 0 Å². The Kier molecular flexibility index (Phi) is 10.5. The Morgan fingerprint density at radius 1 is 0.279 bits per heavy atom. The third-order valence-electron chi connectivity index (χ3n) is 5.71. The molecule has 0 rings (SSSR count). The normalized spacial score (nSPS) is 16.6. The van der Waals surface area contributed by atoms with Gasteiger partial charge >= 0.3 is 71.3 Å². The lowest BCUT2D eigenvalue weighted by atomic mass is 9.84. The van der Waals surface area contributed by atoms with E-state index in [0.29, 0.717) is 0 Å². The zero-order valence-electron chi connectivity index (χ0n) is 20.0. The van der Waals surface area contributed by atoms with Gasteiger partial charge in [-0.1, -0.05) is 26.2 Å². The minimum Gasteiger partial charge on any atom is -0.200 e. The molecule has 0 nitrogen and oxygen atoms in total. The summed E-state index contributed by atoms with van der Waals surface area (Å²) in [7, 11) is 0. The summed E-state index contributed by atoms with van der Waals surface area (Å²) >= 11 is 0. The second kappa shape index (κ2) is 11.0. The van der Waals surface area contributed by atoms with Gasteiger partial charge in [0.15, 0.2) is 0 Å². The maximum atomic E-state index is 13.8. The molecule has 0 radical (unpaired) electrons. The van der Waals surface area contributed by atoms with E-state index in [9.17, 15) is 110 Å². The van der Waals surface area contributed by atoms with Crippen LogP contribution < -0.4 is 0 Å². The average molecular weight is 704 g/mol. The quantitative estimate of drug-likeness (QED) is 0.118. The van der Waals surface area contributed by atoms with Crippen LogP contribution in [0.4, 0.5) is 110 Å². The highest BCUT2D eigenvalue weighted by atomic mass is 19.4. The van der Waals surface area contributed by atoms with E-state index >= 15 is 0 Å². The van der Waals surface area contributed by atoms with Crippen molar-refractivity contribution >= 4 is 0 Å². The Bertz CT molecular complexity index is 954. The van der Waals surface area contributed by atoms with Gasteiger partial charge in [-0.2, -0.15) is 110 Å². The molecule has 0 unspecified atom stereocenters. The van der Waals surface area contributed by atoms with Crippen LogP contribution in [0.15, 0.2) is 0 Å². The molecule has 0 aliphatic rings. The van der Waals surface area contributed by atoms with Crippen molar-refractivity contribution < 1.29 is 110 Å². The SMILES string of the molecule is CCCCCCC(F)(F)C(F)(F)C(F)(F)C(F)(F)C(F)(F)C(F)(F)C(F)(F)C(F)(F)C(F)(F)C(F)(F)C(F)(F)C(F)(F)F. The standard InChI is InChI=1S/C18H13F25/c1-2-3-4-5-6-7(19,20)8(21,22)9(23,24)10(25,26)11(27,28)12(29,30)13(31,32)14(33,34)15(35,36)16(37,38)17(39,40)18(41,42)43/h2-6H2,1H3. The maximum Gasteiger partial charge on any atom is 0.460 e. The van der Waals surface area contributed by atoms with Crippen molar-refractivity contribution in [3.8, 4) is 0 Å². The van der Waals surface area contributed by atoms with Crippen molar-refractivity contribution in [2.45, 2.75) is 110 Å². The van der Waals surface area contributed by atoms with Crippen LogP contribution in [0.25, 0.3) is 0 Å². The Morgan fingerprint density at radius 2 is 0.512 bits per heavy atom. The monoisotopic (exact) mass is 704 g/mol. The summed E-state index contributed by atoms with van der Waals surface area (Å²) in [6.07, 6.45) is -12.8. The molecular weight excluding hydrogens is 691 g/mol. The summed E-state index contributed by atoms with van der Waals surface area (Å²) in [5.74, 6) is -97.6. The van der Waals surface area contributed by atoms with Gasteiger partial charge in [-0.05, 0) is 6.42 Å². The average Bonchev–Trinajstić information content (AvgIpc) is 2.79. The summed E-state index contributed by atoms with van der Waals surface area (Å²) in [5.41, 5.74) is 0. The Labute approximate surface area is 221 Å². The summed E-state index contributed by atoms with van der Waals surface area (Å²) in [6, 6.07) is 0. The molecule has 0 atom stereocenters. The van der Waals surface area contributed by atoms with Crippen molar-refractivity contribution in [2.75, 3.05) is 0 Å². The van der Waals surface area contributed by atoms with Crippen molar-refractivity contribution in [3.63, 3.8) is 0 Å². The molecule has 0 aromatic rings. The summed E-state index contributed by atoms with van der Waals surface area (Å²) in [6.45, 7) is 1.32. The fraction of sp³-hybridized carbons (Fsp3) is 1.00. The van der Waals surface area contributed by atoms with Crippen LogP contribution in [0.5, 0.6) is 0 Å². The van der Waals surface area contributed by atoms with E-state index < -0.39 is 90.6 Å². The molecule has 0 saturated carbocycles. The predicted octanol–water partition coefficient (Wildman–Crippen LogP) is 10.5. The van der Waals surface area contributed by atoms with E-state index in [1.807, 2.05) is 0 Å². The molecule has 0 saturated heterocycles. The zero-order chi connectivity index (χ0) is 35.5. The maximum absolute atomic E-state index is 13.8.